The van der Waals surface area contributed by atoms with Gasteiger partial charge in [0.25, 0.3) is 0 Å². The second kappa shape index (κ2) is 7.40. The topological polar surface area (TPSA) is 47.6 Å². The van der Waals surface area contributed by atoms with Crippen LogP contribution in [-0.4, -0.2) is 13.0 Å². The molecule has 0 bridgehead atoms. The lowest BCUT2D eigenvalue weighted by atomic mass is 9.89. The molecule has 2 aromatic carbocycles. The summed E-state index contributed by atoms with van der Waals surface area (Å²) in [6.07, 6.45) is 0.344. The van der Waals surface area contributed by atoms with Gasteiger partial charge in [0.05, 0.1) is 12.8 Å². The van der Waals surface area contributed by atoms with E-state index in [1.165, 1.54) is 12.1 Å². The molecule has 0 fully saturated rings. The highest BCUT2D eigenvalue weighted by Crippen LogP contribution is 2.46. The Kier molecular flexibility index (Phi) is 4.81. The molecule has 6 heteroatoms. The Morgan fingerprint density at radius 2 is 2.07 bits per heavy atom. The maximum absolute atomic E-state index is 13.5. The fraction of sp³-hybridized carbons (Fsp3) is 0.190. The second-order valence-corrected chi connectivity index (χ2v) is 7.25. The van der Waals surface area contributed by atoms with Gasteiger partial charge in [-0.2, -0.15) is 0 Å². The van der Waals surface area contributed by atoms with Gasteiger partial charge in [0, 0.05) is 22.8 Å². The van der Waals surface area contributed by atoms with Crippen molar-refractivity contribution < 1.29 is 18.7 Å². The Morgan fingerprint density at radius 3 is 2.89 bits per heavy atom. The highest BCUT2D eigenvalue weighted by molar-refractivity contribution is 7.10. The summed E-state index contributed by atoms with van der Waals surface area (Å²) in [7, 11) is 1.58. The van der Waals surface area contributed by atoms with Crippen LogP contribution in [0.3, 0.4) is 0 Å². The number of fused-ring (bicyclic) bond motifs is 1. The number of rotatable bonds is 5. The molecule has 2 heterocycles. The molecule has 0 unspecified atom stereocenters. The molecule has 4 nitrogen and oxygen atoms in total. The predicted octanol–water partition coefficient (Wildman–Crippen LogP) is 4.95. The van der Waals surface area contributed by atoms with Crippen LogP contribution in [0.25, 0.3) is 0 Å². The normalized spacial score (nSPS) is 15.8. The summed E-state index contributed by atoms with van der Waals surface area (Å²) < 4.78 is 25.0. The SMILES string of the molecule is COc1cccc([C@H]2CC(=O)Nc3ccsc32)c1OCc1cccc(F)c1. The van der Waals surface area contributed by atoms with Gasteiger partial charge >= 0.3 is 0 Å². The van der Waals surface area contributed by atoms with Gasteiger partial charge in [0.1, 0.15) is 12.4 Å². The fourth-order valence-corrected chi connectivity index (χ4v) is 4.30. The number of benzene rings is 2. The Labute approximate surface area is 160 Å². The lowest BCUT2D eigenvalue weighted by Crippen LogP contribution is -2.22. The van der Waals surface area contributed by atoms with E-state index in [-0.39, 0.29) is 24.2 Å². The van der Waals surface area contributed by atoms with Crippen molar-refractivity contribution in [2.45, 2.75) is 18.9 Å². The zero-order valence-electron chi connectivity index (χ0n) is 14.7. The molecule has 27 heavy (non-hydrogen) atoms. The van der Waals surface area contributed by atoms with E-state index in [1.54, 1.807) is 24.5 Å². The zero-order valence-corrected chi connectivity index (χ0v) is 15.5. The second-order valence-electron chi connectivity index (χ2n) is 6.30. The third-order valence-corrected chi connectivity index (χ3v) is 5.58. The zero-order chi connectivity index (χ0) is 18.8. The molecule has 1 atom stereocenters. The molecular weight excluding hydrogens is 365 g/mol. The van der Waals surface area contributed by atoms with Crippen molar-refractivity contribution in [2.24, 2.45) is 0 Å². The number of nitrogens with one attached hydrogen (secondary N) is 1. The van der Waals surface area contributed by atoms with Crippen LogP contribution in [0, 0.1) is 5.82 Å². The molecule has 1 amide bonds. The Morgan fingerprint density at radius 1 is 1.22 bits per heavy atom. The van der Waals surface area contributed by atoms with Crippen LogP contribution in [0.1, 0.15) is 28.3 Å². The molecule has 0 spiro atoms. The van der Waals surface area contributed by atoms with Gasteiger partial charge < -0.3 is 14.8 Å². The Hall–Kier alpha value is -2.86. The molecule has 1 aliphatic heterocycles. The average molecular weight is 383 g/mol. The summed E-state index contributed by atoms with van der Waals surface area (Å²) >= 11 is 1.61. The van der Waals surface area contributed by atoms with Crippen molar-refractivity contribution in [3.8, 4) is 11.5 Å². The molecule has 1 aliphatic rings. The van der Waals surface area contributed by atoms with E-state index >= 15 is 0 Å². The third-order valence-electron chi connectivity index (χ3n) is 4.55. The smallest absolute Gasteiger partial charge is 0.225 e. The molecule has 3 aromatic rings. The van der Waals surface area contributed by atoms with Crippen LogP contribution < -0.4 is 14.8 Å². The van der Waals surface area contributed by atoms with Crippen LogP contribution in [0.15, 0.2) is 53.9 Å². The van der Waals surface area contributed by atoms with Crippen molar-refractivity contribution in [1.82, 2.24) is 0 Å². The molecule has 1 aromatic heterocycles. The monoisotopic (exact) mass is 383 g/mol. The number of methoxy groups -OCH3 is 1. The number of amides is 1. The minimum atomic E-state index is -0.302. The highest BCUT2D eigenvalue weighted by atomic mass is 32.1. The molecular formula is C21H18FNO3S. The number of hydrogen-bond donors (Lipinski definition) is 1. The largest absolute Gasteiger partial charge is 0.493 e. The van der Waals surface area contributed by atoms with Gasteiger partial charge in [0.2, 0.25) is 5.91 Å². The van der Waals surface area contributed by atoms with E-state index < -0.39 is 0 Å². The standard InChI is InChI=1S/C21H18FNO3S/c1-25-18-7-3-6-15(16-11-19(24)23-17-8-9-27-21(16)17)20(18)26-12-13-4-2-5-14(22)10-13/h2-10,16H,11-12H2,1H3,(H,23,24)/t16-/m1/s1. The Bertz CT molecular complexity index is 985. The lowest BCUT2D eigenvalue weighted by Gasteiger charge is -2.25. The van der Waals surface area contributed by atoms with Gasteiger partial charge in [-0.1, -0.05) is 24.3 Å². The molecule has 4 rings (SSSR count). The van der Waals surface area contributed by atoms with Gasteiger partial charge in [-0.15, -0.1) is 11.3 Å². The van der Waals surface area contributed by atoms with E-state index in [0.29, 0.717) is 17.9 Å². The van der Waals surface area contributed by atoms with Crippen molar-refractivity contribution in [3.05, 3.63) is 75.7 Å². The number of carbonyl (C=O) groups is 1. The number of halogens is 1. The Balaban J connectivity index is 1.71. The van der Waals surface area contributed by atoms with Crippen molar-refractivity contribution in [3.63, 3.8) is 0 Å². The maximum Gasteiger partial charge on any atom is 0.225 e. The van der Waals surface area contributed by atoms with Gasteiger partial charge in [0.15, 0.2) is 11.5 Å². The molecule has 0 saturated heterocycles. The molecule has 138 valence electrons. The first-order chi connectivity index (χ1) is 13.2. The quantitative estimate of drug-likeness (QED) is 0.678. The molecule has 0 aliphatic carbocycles. The predicted molar refractivity (Wildman–Crippen MR) is 103 cm³/mol. The first-order valence-electron chi connectivity index (χ1n) is 8.57. The van der Waals surface area contributed by atoms with Gasteiger partial charge in [-0.05, 0) is 35.2 Å². The number of ether oxygens (including phenoxy) is 2. The number of hydrogen-bond acceptors (Lipinski definition) is 4. The number of thiophene rings is 1. The first kappa shape index (κ1) is 17.5. The summed E-state index contributed by atoms with van der Waals surface area (Å²) in [4.78, 5) is 13.3. The van der Waals surface area contributed by atoms with E-state index in [2.05, 4.69) is 5.32 Å². The number of carbonyl (C=O) groups excluding carboxylic acids is 1. The average Bonchev–Trinajstić information content (AvgIpc) is 3.13. The van der Waals surface area contributed by atoms with Crippen molar-refractivity contribution >= 4 is 22.9 Å². The number of para-hydroxylation sites is 1. The fourth-order valence-electron chi connectivity index (χ4n) is 3.33. The minimum absolute atomic E-state index is 0.0233. The van der Waals surface area contributed by atoms with Gasteiger partial charge in [-0.3, -0.25) is 4.79 Å². The van der Waals surface area contributed by atoms with E-state index in [9.17, 15) is 9.18 Å². The van der Waals surface area contributed by atoms with E-state index in [4.69, 9.17) is 9.47 Å². The van der Waals surface area contributed by atoms with Crippen molar-refractivity contribution in [1.29, 1.82) is 0 Å². The third kappa shape index (κ3) is 3.53. The molecule has 0 saturated carbocycles. The molecule has 1 N–H and O–H groups in total. The van der Waals surface area contributed by atoms with Crippen LogP contribution >= 0.6 is 11.3 Å². The van der Waals surface area contributed by atoms with Crippen molar-refractivity contribution in [2.75, 3.05) is 12.4 Å². The summed E-state index contributed by atoms with van der Waals surface area (Å²) in [5, 5.41) is 4.88. The lowest BCUT2D eigenvalue weighted by molar-refractivity contribution is -0.116. The van der Waals surface area contributed by atoms with Gasteiger partial charge in [-0.25, -0.2) is 4.39 Å². The highest BCUT2D eigenvalue weighted by Gasteiger charge is 2.30. The van der Waals surface area contributed by atoms with Crippen LogP contribution in [0.2, 0.25) is 0 Å². The maximum atomic E-state index is 13.5. The molecule has 0 radical (unpaired) electrons. The first-order valence-corrected chi connectivity index (χ1v) is 9.45. The summed E-state index contributed by atoms with van der Waals surface area (Å²) in [5.74, 6) is 0.746. The van der Waals surface area contributed by atoms with Crippen LogP contribution in [0.5, 0.6) is 11.5 Å². The van der Waals surface area contributed by atoms with E-state index in [0.717, 1.165) is 21.7 Å². The minimum Gasteiger partial charge on any atom is -0.493 e. The summed E-state index contributed by atoms with van der Waals surface area (Å²) in [6, 6.07) is 13.9. The van der Waals surface area contributed by atoms with Crippen LogP contribution in [0.4, 0.5) is 10.1 Å². The summed E-state index contributed by atoms with van der Waals surface area (Å²) in [6.45, 7) is 0.210. The number of anilines is 1. The summed E-state index contributed by atoms with van der Waals surface area (Å²) in [5.41, 5.74) is 2.47. The van der Waals surface area contributed by atoms with Crippen LogP contribution in [-0.2, 0) is 11.4 Å². The van der Waals surface area contributed by atoms with E-state index in [1.807, 2.05) is 35.7 Å².